The minimum atomic E-state index is -3.25. The highest BCUT2D eigenvalue weighted by atomic mass is 32.2. The number of hydrogen-bond acceptors (Lipinski definition) is 4. The summed E-state index contributed by atoms with van der Waals surface area (Å²) >= 11 is 0. The molecular formula is C11H23NO4S. The molecule has 0 aromatic carbocycles. The number of nitrogens with one attached hydrogen (secondary N) is 1. The predicted octanol–water partition coefficient (Wildman–Crippen LogP) is 1.10. The summed E-state index contributed by atoms with van der Waals surface area (Å²) < 4.78 is 37.0. The third-order valence-corrected chi connectivity index (χ3v) is 4.07. The van der Waals surface area contributed by atoms with E-state index < -0.39 is 15.8 Å². The summed E-state index contributed by atoms with van der Waals surface area (Å²) in [6.45, 7) is 10.00. The van der Waals surface area contributed by atoms with E-state index in [9.17, 15) is 8.42 Å². The van der Waals surface area contributed by atoms with Crippen molar-refractivity contribution in [1.29, 1.82) is 0 Å². The molecule has 1 N–H and O–H groups in total. The lowest BCUT2D eigenvalue weighted by molar-refractivity contribution is -0.137. The van der Waals surface area contributed by atoms with Crippen LogP contribution in [0.4, 0.5) is 0 Å². The van der Waals surface area contributed by atoms with Gasteiger partial charge in [0.25, 0.3) is 0 Å². The Morgan fingerprint density at radius 3 is 2.35 bits per heavy atom. The second-order valence-corrected chi connectivity index (χ2v) is 7.93. The van der Waals surface area contributed by atoms with Crippen molar-refractivity contribution in [2.75, 3.05) is 18.9 Å². The fourth-order valence-corrected chi connectivity index (χ4v) is 3.39. The maximum absolute atomic E-state index is 11.8. The Morgan fingerprint density at radius 2 is 1.94 bits per heavy atom. The van der Waals surface area contributed by atoms with E-state index in [4.69, 9.17) is 9.47 Å². The van der Waals surface area contributed by atoms with E-state index in [1.807, 2.05) is 34.6 Å². The molecule has 1 saturated heterocycles. The first-order valence-corrected chi connectivity index (χ1v) is 7.43. The summed E-state index contributed by atoms with van der Waals surface area (Å²) in [5.41, 5.74) is -0.252. The van der Waals surface area contributed by atoms with E-state index >= 15 is 0 Å². The molecule has 1 unspecified atom stereocenters. The standard InChI is InChI=1S/C11H23NO4S/c1-10(2,3)8-17(13,14)12-6-9-7-15-11(4,5)16-9/h9,12H,6-8H2,1-5H3. The molecule has 0 amide bonds. The lowest BCUT2D eigenvalue weighted by Crippen LogP contribution is -2.38. The van der Waals surface area contributed by atoms with Crippen molar-refractivity contribution < 1.29 is 17.9 Å². The van der Waals surface area contributed by atoms with E-state index in [2.05, 4.69) is 4.72 Å². The van der Waals surface area contributed by atoms with Crippen LogP contribution >= 0.6 is 0 Å². The van der Waals surface area contributed by atoms with Crippen LogP contribution in [0.1, 0.15) is 34.6 Å². The molecule has 0 aromatic heterocycles. The number of rotatable bonds is 4. The molecule has 1 rings (SSSR count). The van der Waals surface area contributed by atoms with Gasteiger partial charge < -0.3 is 9.47 Å². The minimum absolute atomic E-state index is 0.108. The highest BCUT2D eigenvalue weighted by molar-refractivity contribution is 7.89. The summed E-state index contributed by atoms with van der Waals surface area (Å²) in [5.74, 6) is -0.503. The normalized spacial score (nSPS) is 25.1. The molecule has 0 saturated carbocycles. The highest BCUT2D eigenvalue weighted by Crippen LogP contribution is 2.22. The molecule has 1 aliphatic heterocycles. The molecule has 5 nitrogen and oxygen atoms in total. The Balaban J connectivity index is 2.41. The predicted molar refractivity (Wildman–Crippen MR) is 66.1 cm³/mol. The fourth-order valence-electron chi connectivity index (χ4n) is 1.70. The first-order chi connectivity index (χ1) is 7.49. The smallest absolute Gasteiger partial charge is 0.212 e. The van der Waals surface area contributed by atoms with Gasteiger partial charge in [0.2, 0.25) is 10.0 Å². The average Bonchev–Trinajstić information content (AvgIpc) is 2.38. The lowest BCUT2D eigenvalue weighted by Gasteiger charge is -2.20. The van der Waals surface area contributed by atoms with Crippen LogP contribution in [0.3, 0.4) is 0 Å². The maximum Gasteiger partial charge on any atom is 0.212 e. The molecule has 0 bridgehead atoms. The van der Waals surface area contributed by atoms with Crippen LogP contribution in [0, 0.1) is 5.41 Å². The van der Waals surface area contributed by atoms with Crippen molar-refractivity contribution in [1.82, 2.24) is 4.72 Å². The van der Waals surface area contributed by atoms with Gasteiger partial charge in [0.1, 0.15) is 0 Å². The Morgan fingerprint density at radius 1 is 1.35 bits per heavy atom. The van der Waals surface area contributed by atoms with Gasteiger partial charge in [-0.15, -0.1) is 0 Å². The van der Waals surface area contributed by atoms with Gasteiger partial charge in [0.05, 0.1) is 18.5 Å². The summed E-state index contributed by atoms with van der Waals surface area (Å²) in [4.78, 5) is 0. The van der Waals surface area contributed by atoms with Gasteiger partial charge >= 0.3 is 0 Å². The van der Waals surface area contributed by atoms with Crippen LogP contribution in [0.5, 0.6) is 0 Å². The first kappa shape index (κ1) is 14.9. The van der Waals surface area contributed by atoms with Gasteiger partial charge in [-0.05, 0) is 19.3 Å². The molecular weight excluding hydrogens is 242 g/mol. The molecule has 1 aliphatic rings. The molecule has 1 heterocycles. The number of sulfonamides is 1. The quantitative estimate of drug-likeness (QED) is 0.827. The Kier molecular flexibility index (Phi) is 4.24. The Bertz CT molecular complexity index is 356. The van der Waals surface area contributed by atoms with Gasteiger partial charge in [-0.25, -0.2) is 13.1 Å². The van der Waals surface area contributed by atoms with Gasteiger partial charge in [-0.2, -0.15) is 0 Å². The third-order valence-electron chi connectivity index (χ3n) is 2.22. The van der Waals surface area contributed by atoms with E-state index in [1.54, 1.807) is 0 Å². The topological polar surface area (TPSA) is 64.6 Å². The second-order valence-electron chi connectivity index (χ2n) is 6.12. The van der Waals surface area contributed by atoms with Crippen LogP contribution in [0.2, 0.25) is 0 Å². The SMILES string of the molecule is CC(C)(C)CS(=O)(=O)NCC1COC(C)(C)O1. The summed E-state index contributed by atoms with van der Waals surface area (Å²) in [7, 11) is -3.25. The number of ether oxygens (including phenoxy) is 2. The van der Waals surface area contributed by atoms with Gasteiger partial charge in [0, 0.05) is 6.54 Å². The van der Waals surface area contributed by atoms with Crippen molar-refractivity contribution in [2.45, 2.75) is 46.5 Å². The minimum Gasteiger partial charge on any atom is -0.348 e. The summed E-state index contributed by atoms with van der Waals surface area (Å²) in [6, 6.07) is 0. The molecule has 0 aromatic rings. The molecule has 102 valence electrons. The van der Waals surface area contributed by atoms with Crippen LogP contribution in [0.15, 0.2) is 0 Å². The van der Waals surface area contributed by atoms with Gasteiger partial charge in [0.15, 0.2) is 5.79 Å². The van der Waals surface area contributed by atoms with Crippen LogP contribution in [0.25, 0.3) is 0 Å². The average molecular weight is 265 g/mol. The fraction of sp³-hybridized carbons (Fsp3) is 1.00. The maximum atomic E-state index is 11.8. The van der Waals surface area contributed by atoms with Crippen LogP contribution in [-0.2, 0) is 19.5 Å². The van der Waals surface area contributed by atoms with E-state index in [0.29, 0.717) is 6.61 Å². The molecule has 1 fully saturated rings. The van der Waals surface area contributed by atoms with Crippen molar-refractivity contribution in [2.24, 2.45) is 5.41 Å². The van der Waals surface area contributed by atoms with Crippen LogP contribution in [-0.4, -0.2) is 39.2 Å². The van der Waals surface area contributed by atoms with Crippen molar-refractivity contribution in [3.05, 3.63) is 0 Å². The summed E-state index contributed by atoms with van der Waals surface area (Å²) in [6.07, 6.45) is -0.209. The first-order valence-electron chi connectivity index (χ1n) is 5.78. The molecule has 0 spiro atoms. The molecule has 0 radical (unpaired) electrons. The van der Waals surface area contributed by atoms with Crippen molar-refractivity contribution in [3.63, 3.8) is 0 Å². The Labute approximate surface area is 104 Å². The second kappa shape index (κ2) is 4.84. The molecule has 6 heteroatoms. The zero-order valence-corrected chi connectivity index (χ0v) is 12.1. The summed E-state index contributed by atoms with van der Waals surface area (Å²) in [5, 5.41) is 0. The zero-order valence-electron chi connectivity index (χ0n) is 11.2. The van der Waals surface area contributed by atoms with Gasteiger partial charge in [-0.3, -0.25) is 0 Å². The number of hydrogen-bond donors (Lipinski definition) is 1. The van der Waals surface area contributed by atoms with Crippen molar-refractivity contribution in [3.8, 4) is 0 Å². The molecule has 17 heavy (non-hydrogen) atoms. The molecule has 0 aliphatic carbocycles. The van der Waals surface area contributed by atoms with E-state index in [0.717, 1.165) is 0 Å². The lowest BCUT2D eigenvalue weighted by atomic mass is 10.0. The third kappa shape index (κ3) is 5.81. The zero-order chi connectivity index (χ0) is 13.3. The monoisotopic (exact) mass is 265 g/mol. The Hall–Kier alpha value is -0.170. The van der Waals surface area contributed by atoms with Crippen molar-refractivity contribution >= 4 is 10.0 Å². The van der Waals surface area contributed by atoms with Gasteiger partial charge in [-0.1, -0.05) is 20.8 Å². The van der Waals surface area contributed by atoms with Crippen LogP contribution < -0.4 is 4.72 Å². The highest BCUT2D eigenvalue weighted by Gasteiger charge is 2.33. The van der Waals surface area contributed by atoms with E-state index in [-0.39, 0.29) is 23.8 Å². The molecule has 1 atom stereocenters. The largest absolute Gasteiger partial charge is 0.348 e. The van der Waals surface area contributed by atoms with E-state index in [1.165, 1.54) is 0 Å².